The molecule has 0 aliphatic carbocycles. The van der Waals surface area contributed by atoms with Gasteiger partial charge in [0.15, 0.2) is 0 Å². The Balaban J connectivity index is 2.36. The Bertz CT molecular complexity index is 206. The van der Waals surface area contributed by atoms with Gasteiger partial charge < -0.3 is 11.1 Å². The summed E-state index contributed by atoms with van der Waals surface area (Å²) in [4.78, 5) is 11.8. The molecule has 1 aliphatic heterocycles. The van der Waals surface area contributed by atoms with Crippen molar-refractivity contribution in [3.8, 4) is 0 Å². The van der Waals surface area contributed by atoms with Crippen molar-refractivity contribution in [1.82, 2.24) is 5.32 Å². The Labute approximate surface area is 92.8 Å². The van der Waals surface area contributed by atoms with Crippen LogP contribution in [0.15, 0.2) is 0 Å². The van der Waals surface area contributed by atoms with Gasteiger partial charge in [-0.25, -0.2) is 0 Å². The van der Waals surface area contributed by atoms with Crippen LogP contribution in [0.4, 0.5) is 0 Å². The monoisotopic (exact) mass is 212 g/mol. The van der Waals surface area contributed by atoms with Gasteiger partial charge in [-0.1, -0.05) is 32.6 Å². The van der Waals surface area contributed by atoms with Crippen molar-refractivity contribution in [3.63, 3.8) is 0 Å². The lowest BCUT2D eigenvalue weighted by Crippen LogP contribution is -2.52. The van der Waals surface area contributed by atoms with Gasteiger partial charge in [-0.15, -0.1) is 0 Å². The molecule has 1 unspecified atom stereocenters. The molecular weight excluding hydrogens is 188 g/mol. The Kier molecular flexibility index (Phi) is 5.09. The van der Waals surface area contributed by atoms with Crippen LogP contribution in [-0.4, -0.2) is 18.0 Å². The van der Waals surface area contributed by atoms with Gasteiger partial charge in [-0.05, 0) is 25.7 Å². The number of hydrogen-bond acceptors (Lipinski definition) is 2. The molecule has 0 bridgehead atoms. The zero-order valence-corrected chi connectivity index (χ0v) is 9.85. The van der Waals surface area contributed by atoms with E-state index < -0.39 is 5.54 Å². The van der Waals surface area contributed by atoms with Gasteiger partial charge in [0, 0.05) is 6.54 Å². The van der Waals surface area contributed by atoms with Crippen LogP contribution in [0.1, 0.15) is 58.3 Å². The third-order valence-electron chi connectivity index (χ3n) is 3.26. The van der Waals surface area contributed by atoms with Gasteiger partial charge in [-0.3, -0.25) is 4.79 Å². The van der Waals surface area contributed by atoms with E-state index in [4.69, 9.17) is 5.73 Å². The molecule has 15 heavy (non-hydrogen) atoms. The molecule has 3 nitrogen and oxygen atoms in total. The lowest BCUT2D eigenvalue weighted by Gasteiger charge is -2.25. The van der Waals surface area contributed by atoms with Crippen LogP contribution in [0.3, 0.4) is 0 Å². The van der Waals surface area contributed by atoms with Crippen molar-refractivity contribution in [3.05, 3.63) is 0 Å². The van der Waals surface area contributed by atoms with E-state index in [1.807, 2.05) is 0 Å². The Morgan fingerprint density at radius 2 is 2.13 bits per heavy atom. The van der Waals surface area contributed by atoms with Crippen LogP contribution < -0.4 is 11.1 Å². The normalized spacial score (nSPS) is 27.2. The lowest BCUT2D eigenvalue weighted by molar-refractivity contribution is -0.126. The van der Waals surface area contributed by atoms with Gasteiger partial charge in [0.25, 0.3) is 0 Å². The van der Waals surface area contributed by atoms with Crippen molar-refractivity contribution in [2.24, 2.45) is 5.73 Å². The maximum atomic E-state index is 11.8. The highest BCUT2D eigenvalue weighted by Crippen LogP contribution is 2.21. The average molecular weight is 212 g/mol. The molecule has 3 heteroatoms. The summed E-state index contributed by atoms with van der Waals surface area (Å²) in [6.07, 6.45) is 8.59. The number of amides is 1. The Morgan fingerprint density at radius 3 is 2.87 bits per heavy atom. The van der Waals surface area contributed by atoms with Crippen LogP contribution in [0.2, 0.25) is 0 Å². The van der Waals surface area contributed by atoms with E-state index in [-0.39, 0.29) is 5.91 Å². The van der Waals surface area contributed by atoms with E-state index in [1.165, 1.54) is 19.3 Å². The summed E-state index contributed by atoms with van der Waals surface area (Å²) in [6, 6.07) is 0. The SMILES string of the molecule is CCCCCCC1(N)CCCCNC1=O. The number of carbonyl (C=O) groups is 1. The smallest absolute Gasteiger partial charge is 0.240 e. The molecular formula is C12H24N2O. The molecule has 1 rings (SSSR count). The first-order valence-corrected chi connectivity index (χ1v) is 6.26. The largest absolute Gasteiger partial charge is 0.355 e. The van der Waals surface area contributed by atoms with Gasteiger partial charge in [0.1, 0.15) is 0 Å². The van der Waals surface area contributed by atoms with Crippen molar-refractivity contribution in [1.29, 1.82) is 0 Å². The highest BCUT2D eigenvalue weighted by Gasteiger charge is 2.33. The molecule has 0 radical (unpaired) electrons. The summed E-state index contributed by atoms with van der Waals surface area (Å²) in [7, 11) is 0. The number of carbonyl (C=O) groups excluding carboxylic acids is 1. The highest BCUT2D eigenvalue weighted by molar-refractivity contribution is 5.86. The van der Waals surface area contributed by atoms with Gasteiger partial charge >= 0.3 is 0 Å². The van der Waals surface area contributed by atoms with E-state index in [1.54, 1.807) is 0 Å². The molecule has 88 valence electrons. The minimum absolute atomic E-state index is 0.0662. The lowest BCUT2D eigenvalue weighted by atomic mass is 9.88. The van der Waals surface area contributed by atoms with E-state index >= 15 is 0 Å². The van der Waals surface area contributed by atoms with Crippen LogP contribution >= 0.6 is 0 Å². The fourth-order valence-electron chi connectivity index (χ4n) is 2.16. The Hall–Kier alpha value is -0.570. The molecule has 0 saturated carbocycles. The summed E-state index contributed by atoms with van der Waals surface area (Å²) in [5.74, 6) is 0.0662. The molecule has 0 aromatic rings. The molecule has 0 aromatic heterocycles. The molecule has 1 atom stereocenters. The minimum Gasteiger partial charge on any atom is -0.355 e. The summed E-state index contributed by atoms with van der Waals surface area (Å²) < 4.78 is 0. The van der Waals surface area contributed by atoms with Gasteiger partial charge in [0.05, 0.1) is 5.54 Å². The Morgan fingerprint density at radius 1 is 1.33 bits per heavy atom. The van der Waals surface area contributed by atoms with E-state index in [0.29, 0.717) is 0 Å². The zero-order valence-electron chi connectivity index (χ0n) is 9.85. The van der Waals surface area contributed by atoms with Crippen molar-refractivity contribution < 1.29 is 4.79 Å². The number of rotatable bonds is 5. The molecule has 1 amide bonds. The maximum Gasteiger partial charge on any atom is 0.240 e. The topological polar surface area (TPSA) is 55.1 Å². The van der Waals surface area contributed by atoms with E-state index in [0.717, 1.165) is 38.6 Å². The second kappa shape index (κ2) is 6.11. The fraction of sp³-hybridized carbons (Fsp3) is 0.917. The first-order valence-electron chi connectivity index (χ1n) is 6.26. The molecule has 0 aromatic carbocycles. The average Bonchev–Trinajstić information content (AvgIpc) is 2.38. The third-order valence-corrected chi connectivity index (χ3v) is 3.26. The summed E-state index contributed by atoms with van der Waals surface area (Å²) >= 11 is 0. The number of nitrogens with one attached hydrogen (secondary N) is 1. The molecule has 1 aliphatic rings. The molecule has 1 heterocycles. The predicted molar refractivity (Wildman–Crippen MR) is 62.5 cm³/mol. The number of hydrogen-bond donors (Lipinski definition) is 2. The zero-order chi connectivity index (χ0) is 11.1. The molecule has 1 saturated heterocycles. The fourth-order valence-corrected chi connectivity index (χ4v) is 2.16. The van der Waals surface area contributed by atoms with Gasteiger partial charge in [0.2, 0.25) is 5.91 Å². The van der Waals surface area contributed by atoms with Crippen molar-refractivity contribution >= 4 is 5.91 Å². The molecule has 3 N–H and O–H groups in total. The maximum absolute atomic E-state index is 11.8. The van der Waals surface area contributed by atoms with Crippen molar-refractivity contribution in [2.45, 2.75) is 63.8 Å². The third kappa shape index (κ3) is 3.82. The van der Waals surface area contributed by atoms with E-state index in [2.05, 4.69) is 12.2 Å². The molecule has 0 spiro atoms. The van der Waals surface area contributed by atoms with Crippen LogP contribution in [0.5, 0.6) is 0 Å². The van der Waals surface area contributed by atoms with Gasteiger partial charge in [-0.2, -0.15) is 0 Å². The second-order valence-electron chi connectivity index (χ2n) is 4.68. The van der Waals surface area contributed by atoms with E-state index in [9.17, 15) is 4.79 Å². The molecule has 1 fully saturated rings. The van der Waals surface area contributed by atoms with Crippen LogP contribution in [0, 0.1) is 0 Å². The minimum atomic E-state index is -0.579. The second-order valence-corrected chi connectivity index (χ2v) is 4.68. The standard InChI is InChI=1S/C12H24N2O/c1-2-3-4-5-8-12(13)9-6-7-10-14-11(12)15/h2-10,13H2,1H3,(H,14,15). The summed E-state index contributed by atoms with van der Waals surface area (Å²) in [5.41, 5.74) is 5.59. The quantitative estimate of drug-likeness (QED) is 0.684. The predicted octanol–water partition coefficient (Wildman–Crippen LogP) is 1.95. The first-order chi connectivity index (χ1) is 7.19. The first kappa shape index (κ1) is 12.5. The van der Waals surface area contributed by atoms with Crippen LogP contribution in [0.25, 0.3) is 0 Å². The van der Waals surface area contributed by atoms with Crippen LogP contribution in [-0.2, 0) is 4.79 Å². The summed E-state index contributed by atoms with van der Waals surface area (Å²) in [6.45, 7) is 2.99. The number of nitrogens with two attached hydrogens (primary N) is 1. The summed E-state index contributed by atoms with van der Waals surface area (Å²) in [5, 5.41) is 2.91. The highest BCUT2D eigenvalue weighted by atomic mass is 16.2. The number of unbranched alkanes of at least 4 members (excludes halogenated alkanes) is 3. The van der Waals surface area contributed by atoms with Crippen molar-refractivity contribution in [2.75, 3.05) is 6.54 Å².